The van der Waals surface area contributed by atoms with Gasteiger partial charge in [0.1, 0.15) is 5.75 Å². The zero-order valence-corrected chi connectivity index (χ0v) is 23.3. The number of aromatic nitrogens is 3. The van der Waals surface area contributed by atoms with Crippen molar-refractivity contribution in [1.82, 2.24) is 39.6 Å². The number of nitrogens with zero attached hydrogens (tertiary/aromatic N) is 5. The molecule has 5 rings (SSSR count). The molecular formula is C27H53N11O2. The topological polar surface area (TPSA) is 247 Å². The van der Waals surface area contributed by atoms with Crippen LogP contribution < -0.4 is 45.0 Å². The molecule has 2 aliphatic rings. The zero-order valence-electron chi connectivity index (χ0n) is 23.3. The lowest BCUT2D eigenvalue weighted by Crippen LogP contribution is -2.34. The smallest absolute Gasteiger partial charge is 0.233 e. The normalized spacial score (nSPS) is 14.4. The Hall–Kier alpha value is -4.04. The van der Waals surface area contributed by atoms with E-state index in [1.807, 2.05) is 30.3 Å². The van der Waals surface area contributed by atoms with Gasteiger partial charge in [0, 0.05) is 43.6 Å². The Morgan fingerprint density at radius 2 is 1.32 bits per heavy atom. The number of phenols is 1. The lowest BCUT2D eigenvalue weighted by atomic mass is 10.1. The predicted octanol–water partition coefficient (Wildman–Crippen LogP) is 6.11. The van der Waals surface area contributed by atoms with Crippen LogP contribution in [0.5, 0.6) is 5.75 Å². The fourth-order valence-corrected chi connectivity index (χ4v) is 4.70. The maximum atomic E-state index is 12.4. The van der Waals surface area contributed by atoms with Crippen LogP contribution in [0.4, 0.5) is 29.2 Å². The molecule has 13 heteroatoms. The van der Waals surface area contributed by atoms with Gasteiger partial charge >= 0.3 is 0 Å². The number of anilines is 5. The largest absolute Gasteiger partial charge is 0.506 e. The van der Waals surface area contributed by atoms with Crippen molar-refractivity contribution in [2.45, 2.75) is 44.9 Å². The van der Waals surface area contributed by atoms with Crippen LogP contribution >= 0.6 is 0 Å². The molecule has 0 spiro atoms. The Labute approximate surface area is 242 Å². The van der Waals surface area contributed by atoms with Crippen molar-refractivity contribution >= 4 is 35.1 Å². The molecule has 13 nitrogen and oxygen atoms in total. The fraction of sp³-hybridized carbons (Fsp3) is 0.407. The highest BCUT2D eigenvalue weighted by Crippen LogP contribution is 2.29. The molecule has 0 radical (unpaired) electrons. The first kappa shape index (κ1) is 34.0. The number of aromatic hydroxyl groups is 1. The minimum Gasteiger partial charge on any atom is -0.506 e. The first-order valence-corrected chi connectivity index (χ1v) is 12.8. The highest BCUT2D eigenvalue weighted by atomic mass is 16.3. The van der Waals surface area contributed by atoms with Crippen LogP contribution in [0.2, 0.25) is 0 Å². The van der Waals surface area contributed by atoms with Gasteiger partial charge in [-0.3, -0.25) is 4.79 Å². The summed E-state index contributed by atoms with van der Waals surface area (Å²) in [5.74, 6) is 1.63. The molecule has 0 saturated carbocycles. The van der Waals surface area contributed by atoms with E-state index in [1.165, 1.54) is 12.8 Å². The Bertz CT molecular complexity index is 1170. The fourth-order valence-electron chi connectivity index (χ4n) is 4.70. The van der Waals surface area contributed by atoms with E-state index in [9.17, 15) is 9.90 Å². The molecule has 0 aliphatic carbocycles. The summed E-state index contributed by atoms with van der Waals surface area (Å²) in [6, 6.07) is 14.6. The molecule has 0 bridgehead atoms. The van der Waals surface area contributed by atoms with E-state index >= 15 is 0 Å². The van der Waals surface area contributed by atoms with E-state index < -0.39 is 0 Å². The Balaban J connectivity index is -0.000001000. The summed E-state index contributed by atoms with van der Waals surface area (Å²) in [6.07, 6.45) is 7.26. The van der Waals surface area contributed by atoms with Crippen LogP contribution in [0.3, 0.4) is 0 Å². The summed E-state index contributed by atoms with van der Waals surface area (Å²) < 4.78 is 0. The van der Waals surface area contributed by atoms with Crippen molar-refractivity contribution in [3.63, 3.8) is 0 Å². The average Bonchev–Trinajstić information content (AvgIpc) is 2.92. The number of phenolic OH excluding ortho intramolecular Hbond substituents is 1. The van der Waals surface area contributed by atoms with Crippen molar-refractivity contribution in [1.29, 1.82) is 0 Å². The molecule has 2 aromatic carbocycles. The van der Waals surface area contributed by atoms with Crippen LogP contribution in [0, 0.1) is 0 Å². The summed E-state index contributed by atoms with van der Waals surface area (Å²) in [5.41, 5.74) is 1.91. The Morgan fingerprint density at radius 1 is 0.775 bits per heavy atom. The van der Waals surface area contributed by atoms with Gasteiger partial charge in [0.25, 0.3) is 0 Å². The number of carbonyl (C=O) groups excluding carboxylic acids is 1. The first-order valence-electron chi connectivity index (χ1n) is 12.8. The average molecular weight is 564 g/mol. The van der Waals surface area contributed by atoms with Gasteiger partial charge < -0.3 is 50.1 Å². The van der Waals surface area contributed by atoms with Crippen molar-refractivity contribution in [2.75, 3.05) is 46.6 Å². The maximum Gasteiger partial charge on any atom is 0.233 e. The quantitative estimate of drug-likeness (QED) is 0.161. The molecule has 1 amide bonds. The second kappa shape index (κ2) is 16.2. The second-order valence-corrected chi connectivity index (χ2v) is 9.42. The van der Waals surface area contributed by atoms with Crippen LogP contribution in [0.1, 0.15) is 49.8 Å². The molecule has 2 aliphatic heterocycles. The number of hydrogen-bond acceptors (Lipinski definition) is 12. The van der Waals surface area contributed by atoms with Gasteiger partial charge in [-0.15, -0.1) is 0 Å². The molecule has 2 saturated heterocycles. The van der Waals surface area contributed by atoms with E-state index in [2.05, 4.69) is 20.4 Å². The number of benzene rings is 2. The number of piperidine rings is 2. The number of nitrogens with one attached hydrogen (secondary N) is 2. The number of hydrogen-bond donors (Lipinski definition) is 7. The van der Waals surface area contributed by atoms with Crippen molar-refractivity contribution < 1.29 is 15.6 Å². The number of amides is 1. The zero-order chi connectivity index (χ0) is 24.7. The van der Waals surface area contributed by atoms with Gasteiger partial charge in [-0.25, -0.2) is 0 Å². The predicted molar refractivity (Wildman–Crippen MR) is 171 cm³/mol. The van der Waals surface area contributed by atoms with Gasteiger partial charge in [0.05, 0.1) is 12.1 Å². The third-order valence-corrected chi connectivity index (χ3v) is 6.63. The van der Waals surface area contributed by atoms with Crippen LogP contribution in [0.15, 0.2) is 48.5 Å². The second-order valence-electron chi connectivity index (χ2n) is 9.42. The van der Waals surface area contributed by atoms with Crippen LogP contribution in [0.25, 0.3) is 0 Å². The van der Waals surface area contributed by atoms with Gasteiger partial charge in [-0.1, -0.05) is 30.3 Å². The van der Waals surface area contributed by atoms with Crippen molar-refractivity contribution in [2.24, 2.45) is 0 Å². The molecule has 3 heterocycles. The molecule has 3 aromatic rings. The molecule has 0 atom stereocenters. The monoisotopic (exact) mass is 563 g/mol. The molecule has 2 fully saturated rings. The van der Waals surface area contributed by atoms with E-state index in [1.54, 1.807) is 18.2 Å². The summed E-state index contributed by atoms with van der Waals surface area (Å²) >= 11 is 0. The van der Waals surface area contributed by atoms with Gasteiger partial charge in [-0.05, 0) is 56.2 Å². The Kier molecular flexibility index (Phi) is 13.7. The first-order chi connectivity index (χ1) is 17.6. The van der Waals surface area contributed by atoms with Gasteiger partial charge in [0.2, 0.25) is 23.8 Å². The van der Waals surface area contributed by atoms with Gasteiger partial charge in [0.15, 0.2) is 0 Å². The summed E-state index contributed by atoms with van der Waals surface area (Å²) in [6.45, 7) is 3.78. The molecule has 40 heavy (non-hydrogen) atoms. The third kappa shape index (κ3) is 8.74. The highest BCUT2D eigenvalue weighted by Gasteiger charge is 2.20. The SMILES string of the molecule is N.N.N.N.O=C(Cc1ccccc1)Nc1ccc(Nc2nc(N3CCCCC3)nc(N3CCCCC3)n2)cc1O.[HH].[HH].[HH].[HH]. The maximum absolute atomic E-state index is 12.4. The lowest BCUT2D eigenvalue weighted by molar-refractivity contribution is -0.115. The van der Waals surface area contributed by atoms with E-state index in [0.717, 1.165) is 57.4 Å². The van der Waals surface area contributed by atoms with E-state index in [-0.39, 0.29) is 48.4 Å². The lowest BCUT2D eigenvalue weighted by Gasteiger charge is -2.30. The molecule has 1 aromatic heterocycles. The van der Waals surface area contributed by atoms with E-state index in [4.69, 9.17) is 15.0 Å². The van der Waals surface area contributed by atoms with Crippen LogP contribution in [-0.2, 0) is 11.2 Å². The van der Waals surface area contributed by atoms with Crippen molar-refractivity contribution in [3.8, 4) is 5.75 Å². The molecule has 15 N–H and O–H groups in total. The number of rotatable bonds is 7. The minimum absolute atomic E-state index is 0. The number of carbonyl (C=O) groups is 1. The highest BCUT2D eigenvalue weighted by molar-refractivity contribution is 5.94. The molecular weight excluding hydrogens is 510 g/mol. The molecule has 0 unspecified atom stereocenters. The van der Waals surface area contributed by atoms with Gasteiger partial charge in [-0.2, -0.15) is 15.0 Å². The van der Waals surface area contributed by atoms with E-state index in [0.29, 0.717) is 29.2 Å². The minimum atomic E-state index is -0.188. The molecule has 228 valence electrons. The Morgan fingerprint density at radius 3 is 1.85 bits per heavy atom. The third-order valence-electron chi connectivity index (χ3n) is 6.63. The summed E-state index contributed by atoms with van der Waals surface area (Å²) in [7, 11) is 0. The van der Waals surface area contributed by atoms with Crippen molar-refractivity contribution in [3.05, 3.63) is 54.1 Å². The standard InChI is InChI=1S/C27H33N7O2.4H3N.4H2/c35-23-19-21(12-13-22(23)29-24(36)18-20-10-4-1-5-11-20)28-25-30-26(33-14-6-2-7-15-33)32-27(31-25)34-16-8-3-9-17-34;;;;;;;;/h1,4-5,10-13,19,35H,2-3,6-9,14-18H2,(H,29,36)(H,28,30,31,32);4*1H3;4*1H. The van der Waals surface area contributed by atoms with Crippen LogP contribution in [-0.4, -0.2) is 52.1 Å². The summed E-state index contributed by atoms with van der Waals surface area (Å²) in [4.78, 5) is 31.1. The summed E-state index contributed by atoms with van der Waals surface area (Å²) in [5, 5.41) is 16.6.